The van der Waals surface area contributed by atoms with Crippen LogP contribution >= 0.6 is 11.8 Å². The Morgan fingerprint density at radius 2 is 2.11 bits per heavy atom. The summed E-state index contributed by atoms with van der Waals surface area (Å²) in [6.45, 7) is 3.91. The van der Waals surface area contributed by atoms with E-state index in [9.17, 15) is 0 Å². The number of nitrogens with zero attached hydrogens (tertiary/aromatic N) is 3. The van der Waals surface area contributed by atoms with Crippen molar-refractivity contribution in [3.05, 3.63) is 22.8 Å². The van der Waals surface area contributed by atoms with Crippen LogP contribution in [0.25, 0.3) is 0 Å². The number of thioether (sulfide) groups is 1. The molecular formula is C13H18N4OS. The Balaban J connectivity index is 1.64. The first-order valence-electron chi connectivity index (χ1n) is 6.71. The fraction of sp³-hybridized carbons (Fsp3) is 0.615. The zero-order valence-corrected chi connectivity index (χ0v) is 12.1. The van der Waals surface area contributed by atoms with Crippen molar-refractivity contribution in [1.82, 2.24) is 20.3 Å². The topological polar surface area (TPSA) is 67.6 Å². The fourth-order valence-corrected chi connectivity index (χ4v) is 3.51. The molecule has 19 heavy (non-hydrogen) atoms. The van der Waals surface area contributed by atoms with E-state index in [1.54, 1.807) is 11.8 Å². The van der Waals surface area contributed by atoms with Gasteiger partial charge in [-0.25, -0.2) is 4.98 Å². The molecule has 102 valence electrons. The maximum Gasteiger partial charge on any atom is 0.208 e. The van der Waals surface area contributed by atoms with Gasteiger partial charge in [-0.1, -0.05) is 29.8 Å². The van der Waals surface area contributed by atoms with E-state index in [-0.39, 0.29) is 0 Å². The molecule has 2 aromatic rings. The van der Waals surface area contributed by atoms with Crippen LogP contribution in [0, 0.1) is 13.8 Å². The first kappa shape index (κ1) is 12.7. The van der Waals surface area contributed by atoms with Gasteiger partial charge in [0.05, 0.1) is 5.69 Å². The number of aromatic amines is 1. The van der Waals surface area contributed by atoms with Crippen LogP contribution in [0.5, 0.6) is 0 Å². The summed E-state index contributed by atoms with van der Waals surface area (Å²) in [6, 6.07) is 0. The Labute approximate surface area is 116 Å². The number of aryl methyl sites for hydroxylation is 2. The van der Waals surface area contributed by atoms with Crippen LogP contribution in [0.3, 0.4) is 0 Å². The highest BCUT2D eigenvalue weighted by Crippen LogP contribution is 2.33. The van der Waals surface area contributed by atoms with Crippen LogP contribution in [0.1, 0.15) is 54.4 Å². The Morgan fingerprint density at radius 3 is 2.79 bits per heavy atom. The number of nitrogens with one attached hydrogen (secondary N) is 1. The smallest absolute Gasteiger partial charge is 0.208 e. The highest BCUT2D eigenvalue weighted by atomic mass is 32.2. The molecule has 0 radical (unpaired) electrons. The summed E-state index contributed by atoms with van der Waals surface area (Å²) >= 11 is 1.63. The number of rotatable bonds is 4. The maximum absolute atomic E-state index is 5.16. The lowest BCUT2D eigenvalue weighted by Crippen LogP contribution is -1.94. The van der Waals surface area contributed by atoms with Crippen molar-refractivity contribution in [3.8, 4) is 0 Å². The van der Waals surface area contributed by atoms with Crippen molar-refractivity contribution < 1.29 is 4.52 Å². The molecular weight excluding hydrogens is 260 g/mol. The number of H-pyrrole nitrogens is 1. The number of hydrogen-bond acceptors (Lipinski definition) is 5. The van der Waals surface area contributed by atoms with Gasteiger partial charge >= 0.3 is 0 Å². The van der Waals surface area contributed by atoms with E-state index >= 15 is 0 Å². The van der Waals surface area contributed by atoms with Crippen molar-refractivity contribution >= 4 is 11.8 Å². The quantitative estimate of drug-likeness (QED) is 0.868. The second kappa shape index (κ2) is 5.36. The SMILES string of the molecule is Cc1noc(C)c1CSc1n[nH]c(C2CCCC2)n1. The number of hydrogen-bond donors (Lipinski definition) is 1. The van der Waals surface area contributed by atoms with Crippen molar-refractivity contribution in [1.29, 1.82) is 0 Å². The molecule has 0 saturated heterocycles. The number of aromatic nitrogens is 4. The van der Waals surface area contributed by atoms with Crippen LogP contribution < -0.4 is 0 Å². The molecule has 6 heteroatoms. The summed E-state index contributed by atoms with van der Waals surface area (Å²) in [6.07, 6.45) is 5.10. The van der Waals surface area contributed by atoms with Gasteiger partial charge in [0.1, 0.15) is 11.6 Å². The van der Waals surface area contributed by atoms with Gasteiger partial charge < -0.3 is 4.52 Å². The Hall–Kier alpha value is -1.30. The normalized spacial score (nSPS) is 16.3. The minimum Gasteiger partial charge on any atom is -0.361 e. The molecule has 2 aromatic heterocycles. The largest absolute Gasteiger partial charge is 0.361 e. The van der Waals surface area contributed by atoms with Crippen LogP contribution in [-0.4, -0.2) is 20.3 Å². The predicted octanol–water partition coefficient (Wildman–Crippen LogP) is 3.36. The van der Waals surface area contributed by atoms with Crippen LogP contribution in [0.2, 0.25) is 0 Å². The predicted molar refractivity (Wildman–Crippen MR) is 73.1 cm³/mol. The van der Waals surface area contributed by atoms with Gasteiger partial charge in [0, 0.05) is 17.2 Å². The summed E-state index contributed by atoms with van der Waals surface area (Å²) in [7, 11) is 0. The molecule has 0 aromatic carbocycles. The molecule has 1 saturated carbocycles. The highest BCUT2D eigenvalue weighted by molar-refractivity contribution is 7.98. The molecule has 1 aliphatic carbocycles. The summed E-state index contributed by atoms with van der Waals surface area (Å²) < 4.78 is 5.16. The van der Waals surface area contributed by atoms with Gasteiger partial charge in [0.25, 0.3) is 0 Å². The zero-order chi connectivity index (χ0) is 13.2. The molecule has 0 unspecified atom stereocenters. The Bertz CT molecular complexity index is 537. The van der Waals surface area contributed by atoms with Gasteiger partial charge in [-0.3, -0.25) is 5.10 Å². The molecule has 0 spiro atoms. The molecule has 1 fully saturated rings. The minimum absolute atomic E-state index is 0.584. The molecule has 0 aliphatic heterocycles. The average molecular weight is 278 g/mol. The lowest BCUT2D eigenvalue weighted by atomic mass is 10.1. The molecule has 0 bridgehead atoms. The van der Waals surface area contributed by atoms with Crippen molar-refractivity contribution in [3.63, 3.8) is 0 Å². The second-order valence-electron chi connectivity index (χ2n) is 5.08. The fourth-order valence-electron chi connectivity index (χ4n) is 2.55. The van der Waals surface area contributed by atoms with Crippen LogP contribution in [-0.2, 0) is 5.75 Å². The van der Waals surface area contributed by atoms with E-state index in [1.165, 1.54) is 25.7 Å². The maximum atomic E-state index is 5.16. The standard InChI is InChI=1S/C13H18N4OS/c1-8-11(9(2)18-17-8)7-19-13-14-12(15-16-13)10-5-3-4-6-10/h10H,3-7H2,1-2H3,(H,14,15,16). The lowest BCUT2D eigenvalue weighted by molar-refractivity contribution is 0.392. The Kier molecular flexibility index (Phi) is 3.59. The summed E-state index contributed by atoms with van der Waals surface area (Å²) in [5, 5.41) is 12.2. The second-order valence-corrected chi connectivity index (χ2v) is 6.02. The van der Waals surface area contributed by atoms with E-state index in [1.807, 2.05) is 13.8 Å². The first-order chi connectivity index (χ1) is 9.24. The van der Waals surface area contributed by atoms with Crippen LogP contribution in [0.4, 0.5) is 0 Å². The van der Waals surface area contributed by atoms with E-state index < -0.39 is 0 Å². The third-order valence-electron chi connectivity index (χ3n) is 3.75. The first-order valence-corrected chi connectivity index (χ1v) is 7.69. The molecule has 5 nitrogen and oxygen atoms in total. The van der Waals surface area contributed by atoms with E-state index in [0.717, 1.165) is 33.8 Å². The Morgan fingerprint density at radius 1 is 1.32 bits per heavy atom. The highest BCUT2D eigenvalue weighted by Gasteiger charge is 2.21. The molecule has 0 atom stereocenters. The van der Waals surface area contributed by atoms with Gasteiger partial charge in [0.15, 0.2) is 0 Å². The van der Waals surface area contributed by atoms with Gasteiger partial charge in [-0.05, 0) is 26.7 Å². The molecule has 0 amide bonds. The third kappa shape index (κ3) is 2.68. The lowest BCUT2D eigenvalue weighted by Gasteiger charge is -2.01. The molecule has 2 heterocycles. The monoisotopic (exact) mass is 278 g/mol. The van der Waals surface area contributed by atoms with E-state index in [0.29, 0.717) is 5.92 Å². The molecule has 1 N–H and O–H groups in total. The third-order valence-corrected chi connectivity index (χ3v) is 4.62. The van der Waals surface area contributed by atoms with Gasteiger partial charge in [-0.2, -0.15) is 0 Å². The van der Waals surface area contributed by atoms with Crippen molar-refractivity contribution in [2.45, 2.75) is 56.4 Å². The summed E-state index contributed by atoms with van der Waals surface area (Å²) in [4.78, 5) is 4.60. The van der Waals surface area contributed by atoms with Gasteiger partial charge in [0.2, 0.25) is 5.16 Å². The summed E-state index contributed by atoms with van der Waals surface area (Å²) in [5.41, 5.74) is 2.11. The van der Waals surface area contributed by atoms with Crippen LogP contribution in [0.15, 0.2) is 9.68 Å². The average Bonchev–Trinajstić information content (AvgIpc) is 3.10. The van der Waals surface area contributed by atoms with Crippen molar-refractivity contribution in [2.24, 2.45) is 0 Å². The minimum atomic E-state index is 0.584. The summed E-state index contributed by atoms with van der Waals surface area (Å²) in [5.74, 6) is 3.33. The zero-order valence-electron chi connectivity index (χ0n) is 11.3. The molecule has 1 aliphatic rings. The van der Waals surface area contributed by atoms with E-state index in [2.05, 4.69) is 20.3 Å². The van der Waals surface area contributed by atoms with E-state index in [4.69, 9.17) is 4.52 Å². The molecule has 3 rings (SSSR count). The van der Waals surface area contributed by atoms with Gasteiger partial charge in [-0.15, -0.1) is 5.10 Å². The van der Waals surface area contributed by atoms with Crippen molar-refractivity contribution in [2.75, 3.05) is 0 Å².